The van der Waals surface area contributed by atoms with Gasteiger partial charge in [0.1, 0.15) is 29.8 Å². The lowest BCUT2D eigenvalue weighted by Gasteiger charge is -2.24. The zero-order chi connectivity index (χ0) is 29.4. The number of fused-ring (bicyclic) bond motifs is 2. The number of benzene rings is 2. The Kier molecular flexibility index (Phi) is 6.79. The van der Waals surface area contributed by atoms with Gasteiger partial charge in [-0.15, -0.1) is 0 Å². The van der Waals surface area contributed by atoms with Crippen LogP contribution in [0.1, 0.15) is 22.7 Å². The molecule has 0 spiro atoms. The Morgan fingerprint density at radius 1 is 1.12 bits per heavy atom. The summed E-state index contributed by atoms with van der Waals surface area (Å²) in [6.07, 6.45) is 7.58. The third kappa shape index (κ3) is 4.68. The molecule has 3 N–H and O–H groups in total. The minimum Gasteiger partial charge on any atom is -0.424 e. The molecule has 6 rings (SSSR count). The second kappa shape index (κ2) is 10.7. The minimum atomic E-state index is -0.624. The van der Waals surface area contributed by atoms with Crippen LogP contribution >= 0.6 is 0 Å². The lowest BCUT2D eigenvalue weighted by atomic mass is 9.84. The Morgan fingerprint density at radius 2 is 1.90 bits per heavy atom. The molecule has 1 atom stereocenters. The topological polar surface area (TPSA) is 138 Å². The second-order valence-electron chi connectivity index (χ2n) is 9.93. The van der Waals surface area contributed by atoms with Crippen LogP contribution in [0.5, 0.6) is 11.8 Å². The molecule has 1 aliphatic rings. The molecule has 1 amide bonds. The Hall–Kier alpha value is -5.64. The molecule has 3 aromatic heterocycles. The summed E-state index contributed by atoms with van der Waals surface area (Å²) in [5.74, 6) is -0.0507. The van der Waals surface area contributed by atoms with Gasteiger partial charge in [-0.1, -0.05) is 36.9 Å². The zero-order valence-corrected chi connectivity index (χ0v) is 23.0. The molecule has 10 nitrogen and oxygen atoms in total. The maximum absolute atomic E-state index is 12.3. The first-order valence-electron chi connectivity index (χ1n) is 13.3. The highest BCUT2D eigenvalue weighted by atomic mass is 16.5. The number of aryl methyl sites for hydroxylation is 2. The number of nitrogen functional groups attached to an aromatic ring is 1. The smallest absolute Gasteiger partial charge is 0.322 e. The summed E-state index contributed by atoms with van der Waals surface area (Å²) in [7, 11) is 1.92. The van der Waals surface area contributed by atoms with E-state index in [1.54, 1.807) is 12.3 Å². The molecule has 1 aliphatic carbocycles. The Bertz CT molecular complexity index is 1910. The number of nitrogens with zero attached hydrogens (tertiary/aromatic N) is 5. The fourth-order valence-electron chi connectivity index (χ4n) is 5.37. The van der Waals surface area contributed by atoms with Crippen molar-refractivity contribution in [3.8, 4) is 34.1 Å². The maximum atomic E-state index is 12.3. The van der Waals surface area contributed by atoms with Gasteiger partial charge in [0, 0.05) is 30.2 Å². The second-order valence-corrected chi connectivity index (χ2v) is 9.93. The lowest BCUT2D eigenvalue weighted by Crippen LogP contribution is -2.27. The van der Waals surface area contributed by atoms with Crippen molar-refractivity contribution in [3.63, 3.8) is 0 Å². The maximum Gasteiger partial charge on any atom is 0.322 e. The molecule has 2 aromatic carbocycles. The lowest BCUT2D eigenvalue weighted by molar-refractivity contribution is -0.116. The van der Waals surface area contributed by atoms with Crippen LogP contribution in [-0.2, 0) is 23.1 Å². The van der Waals surface area contributed by atoms with E-state index in [1.165, 1.54) is 12.4 Å². The first-order valence-corrected chi connectivity index (χ1v) is 13.3. The number of hydrogen-bond donors (Lipinski definition) is 2. The molecule has 0 radical (unpaired) electrons. The third-order valence-corrected chi connectivity index (χ3v) is 7.34. The van der Waals surface area contributed by atoms with Gasteiger partial charge >= 0.3 is 6.01 Å². The predicted molar refractivity (Wildman–Crippen MR) is 160 cm³/mol. The average Bonchev–Trinajstić information content (AvgIpc) is 3.30. The van der Waals surface area contributed by atoms with Gasteiger partial charge in [-0.2, -0.15) is 0 Å². The normalized spacial score (nSPS) is 14.1. The van der Waals surface area contributed by atoms with Crippen molar-refractivity contribution in [1.82, 2.24) is 29.8 Å². The van der Waals surface area contributed by atoms with E-state index in [9.17, 15) is 9.59 Å². The van der Waals surface area contributed by atoms with Gasteiger partial charge in [-0.3, -0.25) is 4.79 Å². The van der Waals surface area contributed by atoms with Gasteiger partial charge in [0.15, 0.2) is 0 Å². The number of allylic oxidation sites excluding steroid dienone is 2. The van der Waals surface area contributed by atoms with E-state index < -0.39 is 5.92 Å². The summed E-state index contributed by atoms with van der Waals surface area (Å²) in [5, 5.41) is 3.50. The van der Waals surface area contributed by atoms with Gasteiger partial charge in [-0.05, 0) is 65.9 Å². The van der Waals surface area contributed by atoms with Crippen LogP contribution in [0.2, 0.25) is 0 Å². The molecule has 0 fully saturated rings. The first-order chi connectivity index (χ1) is 20.4. The van der Waals surface area contributed by atoms with Crippen molar-refractivity contribution in [2.45, 2.75) is 19.3 Å². The zero-order valence-electron chi connectivity index (χ0n) is 23.0. The van der Waals surface area contributed by atoms with E-state index in [4.69, 9.17) is 10.5 Å². The number of nitrogens with two attached hydrogens (primary N) is 1. The summed E-state index contributed by atoms with van der Waals surface area (Å²) < 4.78 is 7.84. The number of amides is 1. The van der Waals surface area contributed by atoms with Crippen LogP contribution in [0.4, 0.5) is 5.82 Å². The monoisotopic (exact) mass is 557 g/mol. The van der Waals surface area contributed by atoms with Crippen LogP contribution in [0.3, 0.4) is 0 Å². The van der Waals surface area contributed by atoms with Crippen molar-refractivity contribution in [3.05, 3.63) is 102 Å². The quantitative estimate of drug-likeness (QED) is 0.215. The largest absolute Gasteiger partial charge is 0.424 e. The molecule has 0 bridgehead atoms. The minimum absolute atomic E-state index is 0.266. The molecule has 0 saturated carbocycles. The number of carbonyl (C=O) groups is 2. The van der Waals surface area contributed by atoms with E-state index >= 15 is 0 Å². The van der Waals surface area contributed by atoms with Gasteiger partial charge in [0.05, 0.1) is 17.0 Å². The summed E-state index contributed by atoms with van der Waals surface area (Å²) in [6, 6.07) is 15.7. The molecule has 42 heavy (non-hydrogen) atoms. The van der Waals surface area contributed by atoms with Crippen molar-refractivity contribution < 1.29 is 14.3 Å². The molecular weight excluding hydrogens is 530 g/mol. The SMILES string of the molecule is C=CC(=O)NC1=CCc2ccc(-c3c(-c4ccc(Oc5nccc(C)n5)cc4)c4c(N)ncnc4n3C)cc2[C@@H]1C=O. The number of rotatable bonds is 7. The van der Waals surface area contributed by atoms with Crippen molar-refractivity contribution in [2.24, 2.45) is 7.05 Å². The number of anilines is 1. The van der Waals surface area contributed by atoms with Crippen LogP contribution in [-0.4, -0.2) is 36.7 Å². The van der Waals surface area contributed by atoms with Crippen molar-refractivity contribution in [1.29, 1.82) is 0 Å². The number of aromatic nitrogens is 5. The Balaban J connectivity index is 1.47. The number of ether oxygens (including phenoxy) is 1. The molecule has 0 unspecified atom stereocenters. The summed E-state index contributed by atoms with van der Waals surface area (Å²) in [4.78, 5) is 41.6. The molecule has 0 aliphatic heterocycles. The molecule has 0 saturated heterocycles. The predicted octanol–water partition coefficient (Wildman–Crippen LogP) is 4.80. The van der Waals surface area contributed by atoms with Crippen LogP contribution in [0.15, 0.2) is 85.5 Å². The van der Waals surface area contributed by atoms with Gasteiger partial charge < -0.3 is 25.1 Å². The number of aldehydes is 1. The molecule has 3 heterocycles. The summed E-state index contributed by atoms with van der Waals surface area (Å²) in [6.45, 7) is 5.39. The molecule has 208 valence electrons. The van der Waals surface area contributed by atoms with E-state index in [-0.39, 0.29) is 11.9 Å². The van der Waals surface area contributed by atoms with Crippen LogP contribution in [0, 0.1) is 6.92 Å². The third-order valence-electron chi connectivity index (χ3n) is 7.34. The summed E-state index contributed by atoms with van der Waals surface area (Å²) in [5.41, 5.74) is 13.7. The van der Waals surface area contributed by atoms with Crippen LogP contribution in [0.25, 0.3) is 33.4 Å². The first kappa shape index (κ1) is 26.6. The molecule has 5 aromatic rings. The van der Waals surface area contributed by atoms with Gasteiger partial charge in [0.25, 0.3) is 0 Å². The van der Waals surface area contributed by atoms with E-state index in [0.29, 0.717) is 34.7 Å². The number of carbonyl (C=O) groups excluding carboxylic acids is 2. The fourth-order valence-corrected chi connectivity index (χ4v) is 5.37. The van der Waals surface area contributed by atoms with E-state index in [2.05, 4.69) is 31.8 Å². The summed E-state index contributed by atoms with van der Waals surface area (Å²) >= 11 is 0. The average molecular weight is 558 g/mol. The highest BCUT2D eigenvalue weighted by Crippen LogP contribution is 2.43. The number of nitrogens with one attached hydrogen (secondary N) is 1. The molecule has 10 heteroatoms. The van der Waals surface area contributed by atoms with Gasteiger partial charge in [0.2, 0.25) is 5.91 Å². The number of hydrogen-bond acceptors (Lipinski definition) is 8. The highest BCUT2D eigenvalue weighted by Gasteiger charge is 2.27. The van der Waals surface area contributed by atoms with Crippen molar-refractivity contribution >= 4 is 29.0 Å². The standard InChI is InChI=1S/C32H27N7O3/c1-4-26(41)38-25-12-9-19-5-6-21(15-23(19)24(25)16-40)29-27(28-30(33)35-17-36-31(28)39(29)3)20-7-10-22(11-8-20)42-32-34-14-13-18(2)37-32/h4-8,10-17,24H,1,9H2,2-3H3,(H,38,41)(H2,33,35,36)/t24-/m0/s1. The Morgan fingerprint density at radius 3 is 2.64 bits per heavy atom. The highest BCUT2D eigenvalue weighted by molar-refractivity contribution is 6.07. The van der Waals surface area contributed by atoms with E-state index in [1.807, 2.05) is 67.1 Å². The fraction of sp³-hybridized carbons (Fsp3) is 0.125. The molecular formula is C32H27N7O3. The van der Waals surface area contributed by atoms with Crippen LogP contribution < -0.4 is 15.8 Å². The van der Waals surface area contributed by atoms with Gasteiger partial charge in [-0.25, -0.2) is 19.9 Å². The Labute approximate surface area is 241 Å². The van der Waals surface area contributed by atoms with E-state index in [0.717, 1.165) is 45.5 Å². The van der Waals surface area contributed by atoms with Crippen molar-refractivity contribution in [2.75, 3.05) is 5.73 Å².